The number of sulfonamides is 1. The third kappa shape index (κ3) is 3.66. The summed E-state index contributed by atoms with van der Waals surface area (Å²) < 4.78 is 26.7. The highest BCUT2D eigenvalue weighted by Crippen LogP contribution is 2.21. The van der Waals surface area contributed by atoms with Crippen LogP contribution in [0.15, 0.2) is 71.6 Å². The van der Waals surface area contributed by atoms with Crippen LogP contribution < -0.4 is 5.32 Å². The van der Waals surface area contributed by atoms with Crippen molar-refractivity contribution in [1.29, 1.82) is 0 Å². The van der Waals surface area contributed by atoms with E-state index in [1.807, 2.05) is 42.5 Å². The molecule has 4 rings (SSSR count). The molecule has 28 heavy (non-hydrogen) atoms. The number of hydrogen-bond donors (Lipinski definition) is 1. The number of rotatable bonds is 5. The van der Waals surface area contributed by atoms with Gasteiger partial charge in [0, 0.05) is 25.2 Å². The van der Waals surface area contributed by atoms with Crippen LogP contribution in [0, 0.1) is 0 Å². The Morgan fingerprint density at radius 1 is 0.893 bits per heavy atom. The van der Waals surface area contributed by atoms with Crippen LogP contribution in [-0.4, -0.2) is 31.7 Å². The Morgan fingerprint density at radius 2 is 1.57 bits per heavy atom. The Hall–Kier alpha value is -2.70. The lowest BCUT2D eigenvalue weighted by atomic mass is 10.0. The Morgan fingerprint density at radius 3 is 2.32 bits per heavy atom. The summed E-state index contributed by atoms with van der Waals surface area (Å²) in [7, 11) is -3.46. The minimum absolute atomic E-state index is 0.224. The van der Waals surface area contributed by atoms with E-state index in [0.717, 1.165) is 29.2 Å². The summed E-state index contributed by atoms with van der Waals surface area (Å²) in [5, 5.41) is 5.16. The van der Waals surface area contributed by atoms with E-state index in [0.29, 0.717) is 25.2 Å². The number of benzene rings is 3. The quantitative estimate of drug-likeness (QED) is 0.720. The molecule has 6 heteroatoms. The highest BCUT2D eigenvalue weighted by molar-refractivity contribution is 7.89. The molecule has 0 unspecified atom stereocenters. The number of amides is 1. The van der Waals surface area contributed by atoms with Crippen molar-refractivity contribution in [2.24, 2.45) is 0 Å². The average Bonchev–Trinajstić information content (AvgIpc) is 3.28. The molecule has 3 aromatic rings. The van der Waals surface area contributed by atoms with Crippen molar-refractivity contribution in [3.05, 3.63) is 77.9 Å². The third-order valence-electron chi connectivity index (χ3n) is 5.14. The van der Waals surface area contributed by atoms with Gasteiger partial charge in [-0.05, 0) is 53.4 Å². The van der Waals surface area contributed by atoms with Crippen LogP contribution in [0.3, 0.4) is 0 Å². The summed E-state index contributed by atoms with van der Waals surface area (Å²) in [6.07, 6.45) is 1.79. The molecule has 0 aliphatic carbocycles. The molecular formula is C22H22N2O3S. The summed E-state index contributed by atoms with van der Waals surface area (Å²) >= 11 is 0. The Bertz CT molecular complexity index is 1100. The van der Waals surface area contributed by atoms with Gasteiger partial charge in [-0.3, -0.25) is 4.79 Å². The summed E-state index contributed by atoms with van der Waals surface area (Å²) in [5.41, 5.74) is 1.49. The lowest BCUT2D eigenvalue weighted by Gasteiger charge is -2.15. The molecule has 0 aromatic heterocycles. The van der Waals surface area contributed by atoms with E-state index < -0.39 is 10.0 Å². The molecule has 5 nitrogen and oxygen atoms in total. The molecule has 0 bridgehead atoms. The van der Waals surface area contributed by atoms with Gasteiger partial charge in [-0.25, -0.2) is 8.42 Å². The Kier molecular flexibility index (Phi) is 5.15. The number of fused-ring (bicyclic) bond motifs is 1. The van der Waals surface area contributed by atoms with Crippen molar-refractivity contribution in [1.82, 2.24) is 9.62 Å². The SMILES string of the molecule is O=C(NCc1cccc2ccccc12)c1ccc(S(=O)(=O)N2CCCC2)cc1. The molecule has 1 fully saturated rings. The van der Waals surface area contributed by atoms with Gasteiger partial charge in [0.1, 0.15) is 0 Å². The molecule has 1 N–H and O–H groups in total. The molecule has 1 heterocycles. The molecule has 3 aromatic carbocycles. The lowest BCUT2D eigenvalue weighted by Crippen LogP contribution is -2.28. The fraction of sp³-hybridized carbons (Fsp3) is 0.227. The second kappa shape index (κ2) is 7.73. The number of carbonyl (C=O) groups is 1. The predicted molar refractivity (Wildman–Crippen MR) is 110 cm³/mol. The molecule has 0 atom stereocenters. The standard InChI is InChI=1S/C22H22N2O3S/c25-22(23-16-19-8-5-7-17-6-1-2-9-21(17)19)18-10-12-20(13-11-18)28(26,27)24-14-3-4-15-24/h1-2,5-13H,3-4,14-16H2,(H,23,25). The van der Waals surface area contributed by atoms with Crippen LogP contribution in [-0.2, 0) is 16.6 Å². The average molecular weight is 394 g/mol. The van der Waals surface area contributed by atoms with Crippen LogP contribution in [0.25, 0.3) is 10.8 Å². The zero-order valence-electron chi connectivity index (χ0n) is 15.5. The molecular weight excluding hydrogens is 372 g/mol. The molecule has 144 valence electrons. The molecule has 1 aliphatic rings. The maximum Gasteiger partial charge on any atom is 0.251 e. The molecule has 0 radical (unpaired) electrons. The van der Waals surface area contributed by atoms with E-state index in [-0.39, 0.29) is 10.8 Å². The van der Waals surface area contributed by atoms with E-state index in [1.165, 1.54) is 16.4 Å². The third-order valence-corrected chi connectivity index (χ3v) is 7.05. The van der Waals surface area contributed by atoms with E-state index in [9.17, 15) is 13.2 Å². The fourth-order valence-corrected chi connectivity index (χ4v) is 5.10. The van der Waals surface area contributed by atoms with Crippen LogP contribution in [0.2, 0.25) is 0 Å². The number of carbonyl (C=O) groups excluding carboxylic acids is 1. The van der Waals surface area contributed by atoms with Gasteiger partial charge >= 0.3 is 0 Å². The van der Waals surface area contributed by atoms with Gasteiger partial charge in [0.05, 0.1) is 4.90 Å². The van der Waals surface area contributed by atoms with Crippen LogP contribution in [0.1, 0.15) is 28.8 Å². The maximum absolute atomic E-state index is 12.6. The second-order valence-corrected chi connectivity index (χ2v) is 8.89. The maximum atomic E-state index is 12.6. The number of nitrogens with one attached hydrogen (secondary N) is 1. The monoisotopic (exact) mass is 394 g/mol. The fourth-order valence-electron chi connectivity index (χ4n) is 3.58. The van der Waals surface area contributed by atoms with Crippen LogP contribution in [0.5, 0.6) is 0 Å². The van der Waals surface area contributed by atoms with Crippen LogP contribution in [0.4, 0.5) is 0 Å². The topological polar surface area (TPSA) is 66.5 Å². The van der Waals surface area contributed by atoms with Crippen molar-refractivity contribution >= 4 is 26.7 Å². The van der Waals surface area contributed by atoms with Gasteiger partial charge in [-0.15, -0.1) is 0 Å². The Labute approximate surface area is 165 Å². The summed E-state index contributed by atoms with van der Waals surface area (Å²) in [5.74, 6) is -0.224. The largest absolute Gasteiger partial charge is 0.348 e. The van der Waals surface area contributed by atoms with Crippen molar-refractivity contribution in [3.8, 4) is 0 Å². The lowest BCUT2D eigenvalue weighted by molar-refractivity contribution is 0.0951. The van der Waals surface area contributed by atoms with Crippen molar-refractivity contribution in [2.75, 3.05) is 13.1 Å². The second-order valence-electron chi connectivity index (χ2n) is 6.96. The summed E-state index contributed by atoms with van der Waals surface area (Å²) in [6.45, 7) is 1.54. The smallest absolute Gasteiger partial charge is 0.251 e. The van der Waals surface area contributed by atoms with Crippen LogP contribution >= 0.6 is 0 Å². The van der Waals surface area contributed by atoms with E-state index in [1.54, 1.807) is 12.1 Å². The normalized spacial score (nSPS) is 15.0. The van der Waals surface area contributed by atoms with E-state index >= 15 is 0 Å². The first-order valence-electron chi connectivity index (χ1n) is 9.41. The van der Waals surface area contributed by atoms with Gasteiger partial charge in [0.15, 0.2) is 0 Å². The minimum atomic E-state index is -3.46. The van der Waals surface area contributed by atoms with Crippen molar-refractivity contribution in [3.63, 3.8) is 0 Å². The van der Waals surface area contributed by atoms with Crippen molar-refractivity contribution in [2.45, 2.75) is 24.3 Å². The highest BCUT2D eigenvalue weighted by Gasteiger charge is 2.27. The van der Waals surface area contributed by atoms with E-state index in [2.05, 4.69) is 5.32 Å². The molecule has 0 spiro atoms. The highest BCUT2D eigenvalue weighted by atomic mass is 32.2. The zero-order chi connectivity index (χ0) is 19.6. The molecule has 1 saturated heterocycles. The van der Waals surface area contributed by atoms with Gasteiger partial charge in [-0.1, -0.05) is 42.5 Å². The number of hydrogen-bond acceptors (Lipinski definition) is 3. The molecule has 1 aliphatic heterocycles. The van der Waals surface area contributed by atoms with E-state index in [4.69, 9.17) is 0 Å². The predicted octanol–water partition coefficient (Wildman–Crippen LogP) is 3.55. The van der Waals surface area contributed by atoms with Gasteiger partial charge < -0.3 is 5.32 Å². The minimum Gasteiger partial charge on any atom is -0.348 e. The van der Waals surface area contributed by atoms with Gasteiger partial charge in [0.25, 0.3) is 5.91 Å². The van der Waals surface area contributed by atoms with Gasteiger partial charge in [-0.2, -0.15) is 4.31 Å². The summed E-state index contributed by atoms with van der Waals surface area (Å²) in [6, 6.07) is 20.2. The molecule has 1 amide bonds. The van der Waals surface area contributed by atoms with Crippen molar-refractivity contribution < 1.29 is 13.2 Å². The molecule has 0 saturated carbocycles. The number of nitrogens with zero attached hydrogens (tertiary/aromatic N) is 1. The first-order chi connectivity index (χ1) is 13.6. The first kappa shape index (κ1) is 18.7. The van der Waals surface area contributed by atoms with Gasteiger partial charge in [0.2, 0.25) is 10.0 Å². The zero-order valence-corrected chi connectivity index (χ0v) is 16.3. The first-order valence-corrected chi connectivity index (χ1v) is 10.8. The Balaban J connectivity index is 1.46. The summed E-state index contributed by atoms with van der Waals surface area (Å²) in [4.78, 5) is 12.7.